The number of carbonyl (C=O) groups excluding carboxylic acids is 4. The number of alkyl carbamates (subject to hydrolysis) is 2. The number of carbonyl (C=O) groups is 4. The summed E-state index contributed by atoms with van der Waals surface area (Å²) in [5.74, 6) is 1.09. The molecule has 3 fully saturated rings. The van der Waals surface area contributed by atoms with Crippen LogP contribution in [0.15, 0.2) is 103 Å². The number of nitrogens with one attached hydrogen (secondary N) is 4. The summed E-state index contributed by atoms with van der Waals surface area (Å²) in [6, 6.07) is 30.5. The number of fused-ring (bicyclic) bond motifs is 4. The first-order valence-corrected chi connectivity index (χ1v) is 22.7. The van der Waals surface area contributed by atoms with Gasteiger partial charge in [-0.2, -0.15) is 0 Å². The van der Waals surface area contributed by atoms with Crippen LogP contribution in [0.25, 0.3) is 55.0 Å². The fourth-order valence-electron chi connectivity index (χ4n) is 10.1. The Labute approximate surface area is 381 Å². The summed E-state index contributed by atoms with van der Waals surface area (Å²) in [5.41, 5.74) is 6.45. The van der Waals surface area contributed by atoms with Gasteiger partial charge in [-0.15, -0.1) is 0 Å². The maximum atomic E-state index is 14.1. The van der Waals surface area contributed by atoms with Crippen molar-refractivity contribution in [3.8, 4) is 22.4 Å². The van der Waals surface area contributed by atoms with Crippen molar-refractivity contribution in [3.63, 3.8) is 0 Å². The van der Waals surface area contributed by atoms with Gasteiger partial charge >= 0.3 is 12.2 Å². The number of amides is 4. The van der Waals surface area contributed by atoms with Crippen LogP contribution in [0.2, 0.25) is 0 Å². The molecule has 0 spiro atoms. The van der Waals surface area contributed by atoms with Gasteiger partial charge < -0.3 is 44.6 Å². The van der Waals surface area contributed by atoms with Crippen molar-refractivity contribution in [1.29, 1.82) is 0 Å². The van der Waals surface area contributed by atoms with Gasteiger partial charge in [0.2, 0.25) is 5.91 Å². The van der Waals surface area contributed by atoms with E-state index in [1.54, 1.807) is 4.90 Å². The third kappa shape index (κ3) is 8.30. The number of nitrogens with zero attached hydrogens (tertiary/aromatic N) is 4. The molecule has 2 aromatic heterocycles. The van der Waals surface area contributed by atoms with Crippen molar-refractivity contribution >= 4 is 56.6 Å². The number of rotatable bonds is 10. The van der Waals surface area contributed by atoms with Gasteiger partial charge in [0.15, 0.2) is 0 Å². The molecule has 4 atom stereocenters. The topological polar surface area (TPSA) is 184 Å². The molecule has 15 nitrogen and oxygen atoms in total. The summed E-state index contributed by atoms with van der Waals surface area (Å²) in [4.78, 5) is 73.3. The molecule has 5 heterocycles. The Balaban J connectivity index is 0.858. The monoisotopic (exact) mass is 888 g/mol. The van der Waals surface area contributed by atoms with Crippen LogP contribution in [-0.4, -0.2) is 100 Å². The minimum absolute atomic E-state index is 0.0358. The third-order valence-electron chi connectivity index (χ3n) is 13.6. The Kier molecular flexibility index (Phi) is 11.8. The van der Waals surface area contributed by atoms with E-state index in [0.717, 1.165) is 86.5 Å². The van der Waals surface area contributed by atoms with E-state index in [1.165, 1.54) is 14.2 Å². The van der Waals surface area contributed by atoms with Crippen LogP contribution in [0.3, 0.4) is 0 Å². The lowest BCUT2D eigenvalue weighted by molar-refractivity contribution is -0.137. The number of hydrogen-bond donors (Lipinski definition) is 4. The number of aromatic nitrogens is 4. The molecule has 66 heavy (non-hydrogen) atoms. The van der Waals surface area contributed by atoms with Crippen LogP contribution in [0.4, 0.5) is 9.59 Å². The van der Waals surface area contributed by atoms with Crippen molar-refractivity contribution in [2.24, 2.45) is 5.92 Å². The number of hydrogen-bond acceptors (Lipinski definition) is 9. The zero-order valence-electron chi connectivity index (χ0n) is 36.9. The number of benzene rings is 5. The van der Waals surface area contributed by atoms with Gasteiger partial charge in [0.25, 0.3) is 5.91 Å². The lowest BCUT2D eigenvalue weighted by Crippen LogP contribution is -2.53. The first-order chi connectivity index (χ1) is 32.3. The molecule has 0 bridgehead atoms. The molecule has 5 aromatic carbocycles. The van der Waals surface area contributed by atoms with Gasteiger partial charge in [-0.05, 0) is 102 Å². The van der Waals surface area contributed by atoms with Crippen LogP contribution in [0.1, 0.15) is 73.9 Å². The van der Waals surface area contributed by atoms with Crippen LogP contribution >= 0.6 is 0 Å². The van der Waals surface area contributed by atoms with Crippen LogP contribution in [0, 0.1) is 5.92 Å². The molecule has 0 aliphatic carbocycles. The van der Waals surface area contributed by atoms with Crippen LogP contribution in [-0.2, 0) is 23.8 Å². The van der Waals surface area contributed by atoms with Gasteiger partial charge in [0, 0.05) is 37.3 Å². The van der Waals surface area contributed by atoms with Gasteiger partial charge in [0.1, 0.15) is 23.7 Å². The largest absolute Gasteiger partial charge is 0.453 e. The second kappa shape index (κ2) is 18.3. The molecule has 3 saturated heterocycles. The molecule has 15 heteroatoms. The smallest absolute Gasteiger partial charge is 0.407 e. The molecule has 4 amide bonds. The summed E-state index contributed by atoms with van der Waals surface area (Å²) >= 11 is 0. The van der Waals surface area contributed by atoms with E-state index < -0.39 is 24.3 Å². The highest BCUT2D eigenvalue weighted by molar-refractivity contribution is 6.06. The van der Waals surface area contributed by atoms with E-state index in [0.29, 0.717) is 50.5 Å². The minimum atomic E-state index is -0.885. The molecule has 7 aromatic rings. The second-order valence-corrected chi connectivity index (χ2v) is 17.4. The number of imidazole rings is 2. The van der Waals surface area contributed by atoms with Gasteiger partial charge in [0.05, 0.1) is 49.2 Å². The first kappa shape index (κ1) is 42.7. The highest BCUT2D eigenvalue weighted by atomic mass is 16.5. The zero-order chi connectivity index (χ0) is 45.3. The van der Waals surface area contributed by atoms with Gasteiger partial charge in [-0.25, -0.2) is 19.6 Å². The molecule has 3 aliphatic heterocycles. The Hall–Kier alpha value is -7.26. The lowest BCUT2D eigenvalue weighted by Gasteiger charge is -2.34. The molecule has 4 N–H and O–H groups in total. The maximum Gasteiger partial charge on any atom is 0.407 e. The van der Waals surface area contributed by atoms with Crippen molar-refractivity contribution in [2.45, 2.75) is 62.7 Å². The van der Waals surface area contributed by atoms with Crippen molar-refractivity contribution in [3.05, 3.63) is 120 Å². The Morgan fingerprint density at radius 1 is 0.682 bits per heavy atom. The Morgan fingerprint density at radius 3 is 2.03 bits per heavy atom. The minimum Gasteiger partial charge on any atom is -0.453 e. The average molecular weight is 889 g/mol. The summed E-state index contributed by atoms with van der Waals surface area (Å²) in [7, 11) is 2.60. The molecular formula is C51H52N8O7. The highest BCUT2D eigenvalue weighted by Crippen LogP contribution is 2.38. The Bertz CT molecular complexity index is 2940. The second-order valence-electron chi connectivity index (χ2n) is 17.4. The number of H-pyrrole nitrogens is 2. The summed E-state index contributed by atoms with van der Waals surface area (Å²) in [5, 5.41) is 9.85. The molecule has 3 aliphatic rings. The molecular weight excluding hydrogens is 837 g/mol. The van der Waals surface area contributed by atoms with E-state index in [9.17, 15) is 19.2 Å². The quantitative estimate of drug-likeness (QED) is 0.105. The van der Waals surface area contributed by atoms with E-state index in [4.69, 9.17) is 24.2 Å². The number of aromatic amines is 2. The van der Waals surface area contributed by atoms with Crippen LogP contribution in [0.5, 0.6) is 0 Å². The molecule has 0 radical (unpaired) electrons. The van der Waals surface area contributed by atoms with Gasteiger partial charge in [-0.3, -0.25) is 9.59 Å². The van der Waals surface area contributed by atoms with Gasteiger partial charge in [-0.1, -0.05) is 72.8 Å². The van der Waals surface area contributed by atoms with E-state index in [1.807, 2.05) is 47.5 Å². The van der Waals surface area contributed by atoms with Crippen molar-refractivity contribution < 1.29 is 33.4 Å². The maximum absolute atomic E-state index is 14.1. The number of likely N-dealkylation sites (tertiary alicyclic amines) is 2. The first-order valence-electron chi connectivity index (χ1n) is 22.7. The normalized spacial score (nSPS) is 18.7. The van der Waals surface area contributed by atoms with Crippen molar-refractivity contribution in [1.82, 2.24) is 40.4 Å². The predicted octanol–water partition coefficient (Wildman–Crippen LogP) is 8.50. The number of methoxy groups -OCH3 is 2. The SMILES string of the molecule is COC(=O)N[C@H](C(=O)N1CCC[C@H]1c1nc2ccc3cc(-c4ccc5cc(-c6cnc([C@@H]7CCCN7C(=O)[C@H](NC(=O)OC)c7ccccc7)[nH]6)ccc5c4)ccc3c2[nH]1)C1CCOCC1. The highest BCUT2D eigenvalue weighted by Gasteiger charge is 2.41. The van der Waals surface area contributed by atoms with E-state index in [2.05, 4.69) is 81.3 Å². The van der Waals surface area contributed by atoms with Crippen molar-refractivity contribution in [2.75, 3.05) is 40.5 Å². The molecule has 10 rings (SSSR count). The fourth-order valence-corrected chi connectivity index (χ4v) is 10.1. The fraction of sp³-hybridized carbons (Fsp3) is 0.333. The molecule has 0 unspecified atom stereocenters. The summed E-state index contributed by atoms with van der Waals surface area (Å²) in [6.07, 6.45) is 5.09. The molecule has 0 saturated carbocycles. The molecule has 338 valence electrons. The predicted molar refractivity (Wildman–Crippen MR) is 249 cm³/mol. The van der Waals surface area contributed by atoms with Crippen LogP contribution < -0.4 is 10.6 Å². The Morgan fingerprint density at radius 2 is 1.30 bits per heavy atom. The third-order valence-corrected chi connectivity index (χ3v) is 13.6. The zero-order valence-corrected chi connectivity index (χ0v) is 36.9. The van der Waals surface area contributed by atoms with E-state index in [-0.39, 0.29) is 29.8 Å². The summed E-state index contributed by atoms with van der Waals surface area (Å²) in [6.45, 7) is 2.25. The number of ether oxygens (including phenoxy) is 3. The lowest BCUT2D eigenvalue weighted by atomic mass is 9.90. The summed E-state index contributed by atoms with van der Waals surface area (Å²) < 4.78 is 15.3. The standard InChI is InChI=1S/C51H52N8O7/c1-64-50(62)56-43(30-8-4-3-5-9-30)48(60)58-22-6-10-41(58)46-52-29-40(54-46)37-15-14-33-26-32(12-13-34(33)28-37)35-16-18-38-36(27-35)17-19-39-45(38)55-47(53-39)42-11-7-23-59(42)49(61)44(57-51(63)65-2)31-20-24-66-25-21-31/h3-5,8-9,12-19,26-29,31,41-44H,6-7,10-11,20-25H2,1-2H3,(H,52,54)(H,53,55)(H,56,62)(H,57,63)/t41-,42-,43+,44-/m0/s1. The van der Waals surface area contributed by atoms with E-state index >= 15 is 0 Å². The average Bonchev–Trinajstić information content (AvgIpc) is 4.21.